The highest BCUT2D eigenvalue weighted by molar-refractivity contribution is 7.92. The molecule has 3 aromatic rings. The quantitative estimate of drug-likeness (QED) is 0.530. The number of hydrogen-bond acceptors (Lipinski definition) is 4. The summed E-state index contributed by atoms with van der Waals surface area (Å²) in [6.45, 7) is 5.60. The van der Waals surface area contributed by atoms with Gasteiger partial charge in [-0.15, -0.1) is 0 Å². The fourth-order valence-electron chi connectivity index (χ4n) is 3.47. The molecule has 0 aliphatic carbocycles. The van der Waals surface area contributed by atoms with Gasteiger partial charge in [0, 0.05) is 18.7 Å². The van der Waals surface area contributed by atoms with Crippen molar-refractivity contribution in [2.75, 3.05) is 23.3 Å². The van der Waals surface area contributed by atoms with Gasteiger partial charge in [-0.3, -0.25) is 9.10 Å². The lowest BCUT2D eigenvalue weighted by Gasteiger charge is -2.25. The number of aryl methyl sites for hydroxylation is 3. The molecule has 0 heterocycles. The largest absolute Gasteiger partial charge is 0.497 e. The predicted molar refractivity (Wildman–Crippen MR) is 128 cm³/mol. The Morgan fingerprint density at radius 3 is 2.25 bits per heavy atom. The Bertz CT molecular complexity index is 1200. The summed E-state index contributed by atoms with van der Waals surface area (Å²) < 4.78 is 33.7. The molecule has 0 saturated heterocycles. The minimum Gasteiger partial charge on any atom is -0.497 e. The Kier molecular flexibility index (Phi) is 7.20. The Hall–Kier alpha value is -3.32. The molecular formula is C25H28N2O4S. The first kappa shape index (κ1) is 23.3. The highest BCUT2D eigenvalue weighted by atomic mass is 32.2. The predicted octanol–water partition coefficient (Wildman–Crippen LogP) is 4.84. The monoisotopic (exact) mass is 452 g/mol. The smallest absolute Gasteiger partial charge is 0.264 e. The molecule has 32 heavy (non-hydrogen) atoms. The van der Waals surface area contributed by atoms with Gasteiger partial charge in [0.25, 0.3) is 10.0 Å². The van der Waals surface area contributed by atoms with E-state index in [1.807, 2.05) is 44.2 Å². The lowest BCUT2D eigenvalue weighted by Crippen LogP contribution is -2.34. The van der Waals surface area contributed by atoms with Gasteiger partial charge in [0.05, 0.1) is 17.7 Å². The molecule has 0 unspecified atom stereocenters. The van der Waals surface area contributed by atoms with Gasteiger partial charge in [0.1, 0.15) is 5.75 Å². The van der Waals surface area contributed by atoms with Crippen molar-refractivity contribution in [2.45, 2.75) is 32.1 Å². The number of nitrogens with zero attached hydrogens (tertiary/aromatic N) is 1. The molecule has 0 aliphatic rings. The van der Waals surface area contributed by atoms with Crippen LogP contribution in [0.1, 0.15) is 23.1 Å². The molecule has 0 aromatic heterocycles. The zero-order valence-electron chi connectivity index (χ0n) is 18.8. The highest BCUT2D eigenvalue weighted by Crippen LogP contribution is 2.28. The van der Waals surface area contributed by atoms with Crippen LogP contribution in [-0.2, 0) is 14.8 Å². The minimum absolute atomic E-state index is 0.000304. The third kappa shape index (κ3) is 5.29. The second-order valence-electron chi connectivity index (χ2n) is 7.66. The van der Waals surface area contributed by atoms with Crippen molar-refractivity contribution in [3.8, 4) is 5.75 Å². The first-order valence-electron chi connectivity index (χ1n) is 10.3. The van der Waals surface area contributed by atoms with E-state index in [-0.39, 0.29) is 23.8 Å². The molecule has 0 aliphatic heterocycles. The molecule has 1 N–H and O–H groups in total. The second-order valence-corrected chi connectivity index (χ2v) is 9.49. The maximum absolute atomic E-state index is 13.6. The highest BCUT2D eigenvalue weighted by Gasteiger charge is 2.27. The van der Waals surface area contributed by atoms with Gasteiger partial charge in [-0.05, 0) is 68.3 Å². The summed E-state index contributed by atoms with van der Waals surface area (Å²) in [5.74, 6) is 0.364. The minimum atomic E-state index is -3.89. The van der Waals surface area contributed by atoms with Crippen LogP contribution in [0.4, 0.5) is 11.4 Å². The van der Waals surface area contributed by atoms with Crippen LogP contribution in [0.15, 0.2) is 71.6 Å². The molecule has 0 atom stereocenters. The molecule has 0 spiro atoms. The lowest BCUT2D eigenvalue weighted by molar-refractivity contribution is -0.116. The van der Waals surface area contributed by atoms with Gasteiger partial charge in [-0.25, -0.2) is 8.42 Å². The Balaban J connectivity index is 1.90. The maximum Gasteiger partial charge on any atom is 0.264 e. The van der Waals surface area contributed by atoms with Crippen LogP contribution in [0.3, 0.4) is 0 Å². The zero-order chi connectivity index (χ0) is 23.3. The summed E-state index contributed by atoms with van der Waals surface area (Å²) in [6.07, 6.45) is 0.00447. The van der Waals surface area contributed by atoms with Crippen molar-refractivity contribution >= 4 is 27.3 Å². The van der Waals surface area contributed by atoms with E-state index in [0.717, 1.165) is 11.1 Å². The third-order valence-electron chi connectivity index (χ3n) is 5.22. The Morgan fingerprint density at radius 2 is 1.62 bits per heavy atom. The average Bonchev–Trinajstić information content (AvgIpc) is 2.75. The molecule has 0 radical (unpaired) electrons. The van der Waals surface area contributed by atoms with Crippen LogP contribution in [0.2, 0.25) is 0 Å². The Morgan fingerprint density at radius 1 is 0.938 bits per heavy atom. The molecule has 0 bridgehead atoms. The number of para-hydroxylation sites is 1. The first-order chi connectivity index (χ1) is 15.2. The van der Waals surface area contributed by atoms with Gasteiger partial charge >= 0.3 is 0 Å². The van der Waals surface area contributed by atoms with E-state index in [0.29, 0.717) is 22.7 Å². The molecule has 168 valence electrons. The van der Waals surface area contributed by atoms with Gasteiger partial charge in [-0.2, -0.15) is 0 Å². The number of sulfonamides is 1. The van der Waals surface area contributed by atoms with Crippen LogP contribution < -0.4 is 14.4 Å². The number of carbonyl (C=O) groups is 1. The number of hydrogen-bond donors (Lipinski definition) is 1. The van der Waals surface area contributed by atoms with Gasteiger partial charge < -0.3 is 10.1 Å². The topological polar surface area (TPSA) is 75.7 Å². The van der Waals surface area contributed by atoms with Crippen LogP contribution in [0.25, 0.3) is 0 Å². The van der Waals surface area contributed by atoms with Crippen molar-refractivity contribution in [3.63, 3.8) is 0 Å². The summed E-state index contributed by atoms with van der Waals surface area (Å²) in [5, 5.41) is 2.86. The van der Waals surface area contributed by atoms with E-state index < -0.39 is 10.0 Å². The van der Waals surface area contributed by atoms with E-state index in [4.69, 9.17) is 4.74 Å². The van der Waals surface area contributed by atoms with Crippen molar-refractivity contribution < 1.29 is 17.9 Å². The molecule has 1 amide bonds. The van der Waals surface area contributed by atoms with Gasteiger partial charge in [0.2, 0.25) is 5.91 Å². The number of rotatable bonds is 8. The van der Waals surface area contributed by atoms with Crippen molar-refractivity contribution in [1.82, 2.24) is 0 Å². The van der Waals surface area contributed by atoms with E-state index in [1.165, 1.54) is 4.31 Å². The lowest BCUT2D eigenvalue weighted by atomic mass is 10.2. The number of amides is 1. The molecule has 3 aromatic carbocycles. The zero-order valence-corrected chi connectivity index (χ0v) is 19.6. The number of ether oxygens (including phenoxy) is 1. The standard InChI is InChI=1S/C25H28N2O4S/c1-18-9-14-24(20(3)17-18)32(29,30)27(21-10-12-22(31-4)13-11-21)16-15-25(28)26-23-8-6-5-7-19(23)2/h5-14,17H,15-16H2,1-4H3,(H,26,28). The van der Waals surface area contributed by atoms with Gasteiger partial charge in [0.15, 0.2) is 0 Å². The van der Waals surface area contributed by atoms with Crippen LogP contribution in [0, 0.1) is 20.8 Å². The number of benzene rings is 3. The van der Waals surface area contributed by atoms with E-state index in [1.54, 1.807) is 50.4 Å². The van der Waals surface area contributed by atoms with Crippen LogP contribution in [0.5, 0.6) is 5.75 Å². The van der Waals surface area contributed by atoms with E-state index >= 15 is 0 Å². The summed E-state index contributed by atoms with van der Waals surface area (Å²) in [5.41, 5.74) is 3.76. The number of nitrogens with one attached hydrogen (secondary N) is 1. The molecule has 0 saturated carbocycles. The van der Waals surface area contributed by atoms with Crippen molar-refractivity contribution in [2.24, 2.45) is 0 Å². The van der Waals surface area contributed by atoms with E-state index in [2.05, 4.69) is 5.32 Å². The summed E-state index contributed by atoms with van der Waals surface area (Å²) in [6, 6.07) is 19.5. The summed E-state index contributed by atoms with van der Waals surface area (Å²) in [4.78, 5) is 12.8. The SMILES string of the molecule is COc1ccc(N(CCC(=O)Nc2ccccc2C)S(=O)(=O)c2ccc(C)cc2C)cc1. The molecular weight excluding hydrogens is 424 g/mol. The average molecular weight is 453 g/mol. The fraction of sp³-hybridized carbons (Fsp3) is 0.240. The molecule has 3 rings (SSSR count). The summed E-state index contributed by atoms with van der Waals surface area (Å²) in [7, 11) is -2.33. The second kappa shape index (κ2) is 9.87. The molecule has 6 nitrogen and oxygen atoms in total. The maximum atomic E-state index is 13.6. The molecule has 0 fully saturated rings. The fourth-order valence-corrected chi connectivity index (χ4v) is 5.15. The van der Waals surface area contributed by atoms with Crippen molar-refractivity contribution in [3.05, 3.63) is 83.4 Å². The van der Waals surface area contributed by atoms with Crippen LogP contribution >= 0.6 is 0 Å². The van der Waals surface area contributed by atoms with Crippen LogP contribution in [-0.4, -0.2) is 28.0 Å². The summed E-state index contributed by atoms with van der Waals surface area (Å²) >= 11 is 0. The third-order valence-corrected chi connectivity index (χ3v) is 7.21. The Labute approximate surface area is 189 Å². The number of anilines is 2. The van der Waals surface area contributed by atoms with E-state index in [9.17, 15) is 13.2 Å². The molecule has 7 heteroatoms. The normalized spacial score (nSPS) is 11.1. The first-order valence-corrected chi connectivity index (χ1v) is 11.8. The van der Waals surface area contributed by atoms with Crippen molar-refractivity contribution in [1.29, 1.82) is 0 Å². The number of methoxy groups -OCH3 is 1. The van der Waals surface area contributed by atoms with Gasteiger partial charge in [-0.1, -0.05) is 35.9 Å². The number of carbonyl (C=O) groups excluding carboxylic acids is 1.